The number of amides is 1. The van der Waals surface area contributed by atoms with Crippen LogP contribution in [0.3, 0.4) is 0 Å². The molecular weight excluding hydrogens is 224 g/mol. The molecule has 4 nitrogen and oxygen atoms in total. The van der Waals surface area contributed by atoms with Crippen LogP contribution in [0.2, 0.25) is 0 Å². The van der Waals surface area contributed by atoms with Crippen molar-refractivity contribution in [3.63, 3.8) is 0 Å². The average molecular weight is 231 g/mol. The Morgan fingerprint density at radius 1 is 1.92 bits per heavy atom. The number of carbonyl (C=O) groups is 1. The summed E-state index contributed by atoms with van der Waals surface area (Å²) in [4.78, 5) is 10.7. The van der Waals surface area contributed by atoms with Crippen molar-refractivity contribution >= 4 is 21.8 Å². The highest BCUT2D eigenvalue weighted by Crippen LogP contribution is 2.13. The topological polar surface area (TPSA) is 55.1 Å². The van der Waals surface area contributed by atoms with Gasteiger partial charge in [-0.1, -0.05) is 11.7 Å². The fourth-order valence-corrected chi connectivity index (χ4v) is 0.904. The second-order valence-corrected chi connectivity index (χ2v) is 2.89. The first-order chi connectivity index (χ1) is 5.74. The molecule has 1 aromatic rings. The Balaban J connectivity index is 2.48. The van der Waals surface area contributed by atoms with Gasteiger partial charge in [-0.2, -0.15) is 0 Å². The largest absolute Gasteiger partial charge is 0.363 e. The molecule has 0 aliphatic heterocycles. The molecule has 5 heteroatoms. The van der Waals surface area contributed by atoms with Crippen LogP contribution in [-0.4, -0.2) is 11.1 Å². The molecule has 64 valence electrons. The molecule has 1 aromatic heterocycles. The summed E-state index contributed by atoms with van der Waals surface area (Å²) >= 11 is 3.20. The highest BCUT2D eigenvalue weighted by atomic mass is 79.9. The van der Waals surface area contributed by atoms with E-state index in [1.807, 2.05) is 0 Å². The molecule has 1 rings (SSSR count). The minimum Gasteiger partial charge on any atom is -0.363 e. The van der Waals surface area contributed by atoms with E-state index in [-0.39, 0.29) is 5.91 Å². The van der Waals surface area contributed by atoms with E-state index in [2.05, 4.69) is 37.5 Å². The molecule has 1 amide bonds. The Morgan fingerprint density at radius 2 is 2.67 bits per heavy atom. The van der Waals surface area contributed by atoms with Crippen molar-refractivity contribution in [1.29, 1.82) is 0 Å². The summed E-state index contributed by atoms with van der Waals surface area (Å²) in [7, 11) is 0. The quantitative estimate of drug-likeness (QED) is 0.796. The predicted molar refractivity (Wildman–Crippen MR) is 46.2 cm³/mol. The molecule has 0 radical (unpaired) electrons. The summed E-state index contributed by atoms with van der Waals surface area (Å²) in [5.41, 5.74) is 0.658. The van der Waals surface area contributed by atoms with Crippen LogP contribution in [0.15, 0.2) is 27.9 Å². The SMILES string of the molecule is C=CC(=O)NCc1nocc1Br. The van der Waals surface area contributed by atoms with Crippen LogP contribution in [0.4, 0.5) is 0 Å². The van der Waals surface area contributed by atoms with Crippen molar-refractivity contribution in [3.05, 3.63) is 29.1 Å². The van der Waals surface area contributed by atoms with Gasteiger partial charge in [-0.25, -0.2) is 0 Å². The molecule has 12 heavy (non-hydrogen) atoms. The van der Waals surface area contributed by atoms with Gasteiger partial charge in [0, 0.05) is 0 Å². The Hall–Kier alpha value is -1.10. The van der Waals surface area contributed by atoms with Crippen LogP contribution in [0, 0.1) is 0 Å². The van der Waals surface area contributed by atoms with Gasteiger partial charge in [-0.15, -0.1) is 0 Å². The van der Waals surface area contributed by atoms with Gasteiger partial charge in [0.2, 0.25) is 5.91 Å². The van der Waals surface area contributed by atoms with Crippen LogP contribution in [-0.2, 0) is 11.3 Å². The molecular formula is C7H7BrN2O2. The van der Waals surface area contributed by atoms with E-state index >= 15 is 0 Å². The molecule has 1 N–H and O–H groups in total. The molecule has 0 fully saturated rings. The smallest absolute Gasteiger partial charge is 0.243 e. The summed E-state index contributed by atoms with van der Waals surface area (Å²) in [6, 6.07) is 0. The standard InChI is InChI=1S/C7H7BrN2O2/c1-2-7(11)9-3-6-5(8)4-12-10-6/h2,4H,1,3H2,(H,9,11). The number of rotatable bonds is 3. The summed E-state index contributed by atoms with van der Waals surface area (Å²) in [6.45, 7) is 3.65. The van der Waals surface area contributed by atoms with E-state index in [1.165, 1.54) is 12.3 Å². The minimum absolute atomic E-state index is 0.232. The first-order valence-electron chi connectivity index (χ1n) is 3.23. The summed E-state index contributed by atoms with van der Waals surface area (Å²) < 4.78 is 5.38. The van der Waals surface area contributed by atoms with Gasteiger partial charge in [0.15, 0.2) is 0 Å². The average Bonchev–Trinajstić information content (AvgIpc) is 2.47. The number of nitrogens with zero attached hydrogens (tertiary/aromatic N) is 1. The predicted octanol–water partition coefficient (Wildman–Crippen LogP) is 1.24. The third-order valence-electron chi connectivity index (χ3n) is 1.21. The van der Waals surface area contributed by atoms with Crippen LogP contribution in [0.25, 0.3) is 0 Å². The molecule has 0 spiro atoms. The lowest BCUT2D eigenvalue weighted by Crippen LogP contribution is -2.20. The lowest BCUT2D eigenvalue weighted by Gasteiger charge is -1.96. The van der Waals surface area contributed by atoms with Gasteiger partial charge in [-0.3, -0.25) is 4.79 Å². The lowest BCUT2D eigenvalue weighted by molar-refractivity contribution is -0.116. The summed E-state index contributed by atoms with van der Waals surface area (Å²) in [5, 5.41) is 6.22. The zero-order chi connectivity index (χ0) is 8.97. The number of carbonyl (C=O) groups excluding carboxylic acids is 1. The maximum Gasteiger partial charge on any atom is 0.243 e. The monoisotopic (exact) mass is 230 g/mol. The van der Waals surface area contributed by atoms with Gasteiger partial charge in [0.05, 0.1) is 11.0 Å². The molecule has 0 unspecified atom stereocenters. The van der Waals surface area contributed by atoms with Crippen LogP contribution < -0.4 is 5.32 Å². The Bertz CT molecular complexity index is 295. The highest BCUT2D eigenvalue weighted by molar-refractivity contribution is 9.10. The van der Waals surface area contributed by atoms with Gasteiger partial charge >= 0.3 is 0 Å². The third-order valence-corrected chi connectivity index (χ3v) is 1.85. The number of halogens is 1. The fourth-order valence-electron chi connectivity index (χ4n) is 0.608. The van der Waals surface area contributed by atoms with Crippen molar-refractivity contribution in [2.75, 3.05) is 0 Å². The number of nitrogens with one attached hydrogen (secondary N) is 1. The molecule has 0 aliphatic rings. The Labute approximate surface area is 77.7 Å². The van der Waals surface area contributed by atoms with E-state index in [4.69, 9.17) is 0 Å². The van der Waals surface area contributed by atoms with Crippen molar-refractivity contribution in [1.82, 2.24) is 10.5 Å². The molecule has 0 aliphatic carbocycles. The fraction of sp³-hybridized carbons (Fsp3) is 0.143. The van der Waals surface area contributed by atoms with Gasteiger partial charge in [-0.05, 0) is 22.0 Å². The van der Waals surface area contributed by atoms with E-state index in [0.29, 0.717) is 12.2 Å². The first-order valence-corrected chi connectivity index (χ1v) is 4.02. The van der Waals surface area contributed by atoms with E-state index in [1.54, 1.807) is 0 Å². The molecule has 0 saturated heterocycles. The maximum atomic E-state index is 10.7. The Morgan fingerprint density at radius 3 is 3.17 bits per heavy atom. The van der Waals surface area contributed by atoms with Crippen LogP contribution >= 0.6 is 15.9 Å². The van der Waals surface area contributed by atoms with Crippen molar-refractivity contribution in [2.45, 2.75) is 6.54 Å². The van der Waals surface area contributed by atoms with Crippen molar-refractivity contribution in [3.8, 4) is 0 Å². The molecule has 0 atom stereocenters. The maximum absolute atomic E-state index is 10.7. The Kier molecular flexibility index (Phi) is 3.04. The van der Waals surface area contributed by atoms with Crippen molar-refractivity contribution in [2.24, 2.45) is 0 Å². The van der Waals surface area contributed by atoms with E-state index in [0.717, 1.165) is 4.47 Å². The third kappa shape index (κ3) is 2.20. The van der Waals surface area contributed by atoms with E-state index in [9.17, 15) is 4.79 Å². The lowest BCUT2D eigenvalue weighted by atomic mass is 10.4. The number of aromatic nitrogens is 1. The zero-order valence-electron chi connectivity index (χ0n) is 6.21. The van der Waals surface area contributed by atoms with Crippen LogP contribution in [0.1, 0.15) is 5.69 Å². The highest BCUT2D eigenvalue weighted by Gasteiger charge is 2.04. The zero-order valence-corrected chi connectivity index (χ0v) is 7.80. The normalized spacial score (nSPS) is 9.42. The number of hydrogen-bond donors (Lipinski definition) is 1. The van der Waals surface area contributed by atoms with Crippen molar-refractivity contribution < 1.29 is 9.32 Å². The van der Waals surface area contributed by atoms with Gasteiger partial charge in [0.1, 0.15) is 12.0 Å². The summed E-state index contributed by atoms with van der Waals surface area (Å²) in [5.74, 6) is -0.232. The second-order valence-electron chi connectivity index (χ2n) is 2.03. The first kappa shape index (κ1) is 8.99. The molecule has 0 saturated carbocycles. The van der Waals surface area contributed by atoms with Crippen LogP contribution in [0.5, 0.6) is 0 Å². The number of hydrogen-bond acceptors (Lipinski definition) is 3. The van der Waals surface area contributed by atoms with E-state index < -0.39 is 0 Å². The van der Waals surface area contributed by atoms with Gasteiger partial charge in [0.25, 0.3) is 0 Å². The second kappa shape index (κ2) is 4.06. The van der Waals surface area contributed by atoms with Gasteiger partial charge < -0.3 is 9.84 Å². The molecule has 0 aromatic carbocycles. The minimum atomic E-state index is -0.232. The molecule has 0 bridgehead atoms. The molecule has 1 heterocycles. The summed E-state index contributed by atoms with van der Waals surface area (Å²) in [6.07, 6.45) is 2.66.